The van der Waals surface area contributed by atoms with Crippen molar-refractivity contribution in [1.29, 1.82) is 0 Å². The lowest BCUT2D eigenvalue weighted by atomic mass is 9.87. The Morgan fingerprint density at radius 3 is 2.60 bits per heavy atom. The number of benzene rings is 2. The lowest BCUT2D eigenvalue weighted by Gasteiger charge is -2.42. The zero-order chi connectivity index (χ0) is 30.3. The number of amides is 4. The van der Waals surface area contributed by atoms with Gasteiger partial charge in [-0.3, -0.25) is 34.4 Å². The number of rotatable bonds is 13. The molecular formula is C31H37N7O5. The van der Waals surface area contributed by atoms with Crippen LogP contribution in [-0.4, -0.2) is 92.1 Å². The molecule has 2 unspecified atom stereocenters. The van der Waals surface area contributed by atoms with Gasteiger partial charge in [0.1, 0.15) is 6.04 Å². The van der Waals surface area contributed by atoms with E-state index in [4.69, 9.17) is 15.5 Å². The summed E-state index contributed by atoms with van der Waals surface area (Å²) in [5, 5.41) is 8.44. The summed E-state index contributed by atoms with van der Waals surface area (Å²) in [5.74, 6) is -1.71. The van der Waals surface area contributed by atoms with Crippen molar-refractivity contribution in [3.8, 4) is 0 Å². The van der Waals surface area contributed by atoms with Crippen molar-refractivity contribution in [3.05, 3.63) is 77.1 Å². The molecule has 0 aromatic heterocycles. The van der Waals surface area contributed by atoms with Crippen LogP contribution in [0.2, 0.25) is 0 Å². The van der Waals surface area contributed by atoms with Gasteiger partial charge in [-0.05, 0) is 24.1 Å². The Bertz CT molecular complexity index is 1420. The summed E-state index contributed by atoms with van der Waals surface area (Å²) in [6.07, 6.45) is 3.49. The van der Waals surface area contributed by atoms with Gasteiger partial charge in [0.25, 0.3) is 11.8 Å². The van der Waals surface area contributed by atoms with Gasteiger partial charge in [-0.2, -0.15) is 0 Å². The lowest BCUT2D eigenvalue weighted by molar-refractivity contribution is -0.136. The maximum absolute atomic E-state index is 13.2. The number of carbonyl (C=O) groups is 4. The molecule has 4 amide bonds. The summed E-state index contributed by atoms with van der Waals surface area (Å²) in [5.41, 5.74) is 8.59. The summed E-state index contributed by atoms with van der Waals surface area (Å²) < 4.78 is 5.85. The number of likely N-dealkylation sites (tertiary alicyclic amines) is 1. The van der Waals surface area contributed by atoms with Gasteiger partial charge >= 0.3 is 0 Å². The van der Waals surface area contributed by atoms with Crippen molar-refractivity contribution >= 4 is 35.5 Å². The monoisotopic (exact) mass is 587 g/mol. The maximum Gasteiger partial charge on any atom is 0.264 e. The van der Waals surface area contributed by atoms with E-state index in [9.17, 15) is 19.2 Å². The van der Waals surface area contributed by atoms with Crippen LogP contribution in [0.4, 0.5) is 5.69 Å². The van der Waals surface area contributed by atoms with E-state index in [0.29, 0.717) is 31.4 Å². The van der Waals surface area contributed by atoms with Gasteiger partial charge in [0.2, 0.25) is 11.8 Å². The summed E-state index contributed by atoms with van der Waals surface area (Å²) in [6.45, 7) is 4.02. The van der Waals surface area contributed by atoms with Gasteiger partial charge in [0.15, 0.2) is 0 Å². The maximum atomic E-state index is 13.2. The molecule has 3 aliphatic rings. The predicted octanol–water partition coefficient (Wildman–Crippen LogP) is 1.28. The highest BCUT2D eigenvalue weighted by molar-refractivity contribution is 6.25. The molecule has 12 nitrogen and oxygen atoms in total. The number of ether oxygens (including phenoxy) is 1. The number of hydrogen-bond donors (Lipinski definition) is 4. The second kappa shape index (κ2) is 13.6. The van der Waals surface area contributed by atoms with E-state index >= 15 is 0 Å². The number of hydrogen-bond acceptors (Lipinski definition) is 10. The summed E-state index contributed by atoms with van der Waals surface area (Å²) in [6, 6.07) is 14.3. The Morgan fingerprint density at radius 1 is 1.09 bits per heavy atom. The molecule has 2 saturated heterocycles. The molecular weight excluding hydrogens is 550 g/mol. The number of nitrogens with zero attached hydrogens (tertiary/aromatic N) is 3. The SMILES string of the molecule is CNC(C=NC(c1ccccc1)C1CN(CCOCCNc2cccc3c2C(=O)N(C2CCC(=O)NC2=O)C3=O)C1)=CN. The molecule has 0 aliphatic carbocycles. The molecule has 0 saturated carbocycles. The lowest BCUT2D eigenvalue weighted by Crippen LogP contribution is -2.54. The van der Waals surface area contributed by atoms with Crippen LogP contribution in [0.5, 0.6) is 0 Å². The van der Waals surface area contributed by atoms with Gasteiger partial charge in [0, 0.05) is 63.7 Å². The van der Waals surface area contributed by atoms with Gasteiger partial charge in [-0.15, -0.1) is 0 Å². The van der Waals surface area contributed by atoms with Crippen molar-refractivity contribution in [1.82, 2.24) is 20.4 Å². The van der Waals surface area contributed by atoms with E-state index in [0.717, 1.165) is 30.2 Å². The number of fused-ring (bicyclic) bond motifs is 1. The van der Waals surface area contributed by atoms with Crippen molar-refractivity contribution in [2.24, 2.45) is 16.6 Å². The highest BCUT2D eigenvalue weighted by atomic mass is 16.5. The topological polar surface area (TPSA) is 158 Å². The van der Waals surface area contributed by atoms with E-state index in [2.05, 4.69) is 33.0 Å². The number of nitrogens with two attached hydrogens (primary N) is 1. The molecule has 2 fully saturated rings. The minimum Gasteiger partial charge on any atom is -0.403 e. The zero-order valence-corrected chi connectivity index (χ0v) is 24.1. The molecule has 2 atom stereocenters. The third kappa shape index (κ3) is 6.60. The molecule has 5 N–H and O–H groups in total. The Labute approximate surface area is 250 Å². The third-order valence-corrected chi connectivity index (χ3v) is 8.00. The highest BCUT2D eigenvalue weighted by Gasteiger charge is 2.45. The normalized spacial score (nSPS) is 20.3. The smallest absolute Gasteiger partial charge is 0.264 e. The summed E-state index contributed by atoms with van der Waals surface area (Å²) in [4.78, 5) is 58.2. The Balaban J connectivity index is 1.07. The molecule has 43 heavy (non-hydrogen) atoms. The fourth-order valence-corrected chi connectivity index (χ4v) is 5.69. The molecule has 0 bridgehead atoms. The van der Waals surface area contributed by atoms with Gasteiger partial charge < -0.3 is 26.0 Å². The van der Waals surface area contributed by atoms with Gasteiger partial charge in [-0.1, -0.05) is 36.4 Å². The van der Waals surface area contributed by atoms with Crippen LogP contribution in [0.25, 0.3) is 0 Å². The third-order valence-electron chi connectivity index (χ3n) is 8.00. The summed E-state index contributed by atoms with van der Waals surface area (Å²) >= 11 is 0. The Morgan fingerprint density at radius 2 is 1.88 bits per heavy atom. The molecule has 2 aromatic carbocycles. The molecule has 0 spiro atoms. The second-order valence-electron chi connectivity index (χ2n) is 10.7. The first-order valence-electron chi connectivity index (χ1n) is 14.5. The number of aliphatic imine (C=N–C) groups is 1. The second-order valence-corrected chi connectivity index (χ2v) is 10.7. The standard InChI is InChI=1S/C31H37N7O5/c1-33-22(16-32)17-35-28(20-6-3-2-4-7-20)21-18-37(19-21)13-15-43-14-12-34-24-9-5-8-23-27(24)31(42)38(30(23)41)25-10-11-26(39)36-29(25)40/h2-9,16-17,21,25,28,33-34H,10-15,18-19,32H2,1H3,(H,36,39,40). The number of nitrogens with one attached hydrogen (secondary N) is 3. The van der Waals surface area contributed by atoms with Crippen LogP contribution in [0.15, 0.2) is 65.4 Å². The van der Waals surface area contributed by atoms with Crippen molar-refractivity contribution in [2.45, 2.75) is 24.9 Å². The fraction of sp³-hybridized carbons (Fsp3) is 0.387. The van der Waals surface area contributed by atoms with E-state index in [1.54, 1.807) is 24.4 Å². The minimum absolute atomic E-state index is 0.0407. The molecule has 0 radical (unpaired) electrons. The van der Waals surface area contributed by atoms with Crippen LogP contribution >= 0.6 is 0 Å². The first kappa shape index (κ1) is 29.9. The van der Waals surface area contributed by atoms with Crippen molar-refractivity contribution in [3.63, 3.8) is 0 Å². The quantitative estimate of drug-likeness (QED) is 0.154. The summed E-state index contributed by atoms with van der Waals surface area (Å²) in [7, 11) is 1.81. The van der Waals surface area contributed by atoms with Crippen LogP contribution in [-0.2, 0) is 14.3 Å². The van der Waals surface area contributed by atoms with Crippen LogP contribution < -0.4 is 21.7 Å². The molecule has 3 heterocycles. The molecule has 226 valence electrons. The number of anilines is 1. The Hall–Kier alpha value is -4.55. The largest absolute Gasteiger partial charge is 0.403 e. The van der Waals surface area contributed by atoms with E-state index < -0.39 is 29.7 Å². The first-order valence-corrected chi connectivity index (χ1v) is 14.5. The number of imide groups is 2. The first-order chi connectivity index (χ1) is 20.9. The Kier molecular flexibility index (Phi) is 9.48. The highest BCUT2D eigenvalue weighted by Crippen LogP contribution is 2.34. The van der Waals surface area contributed by atoms with Gasteiger partial charge in [-0.25, -0.2) is 0 Å². The van der Waals surface area contributed by atoms with Crippen LogP contribution in [0.1, 0.15) is 45.2 Å². The van der Waals surface area contributed by atoms with E-state index in [-0.39, 0.29) is 30.0 Å². The van der Waals surface area contributed by atoms with E-state index in [1.165, 1.54) is 11.8 Å². The zero-order valence-electron chi connectivity index (χ0n) is 24.1. The van der Waals surface area contributed by atoms with Crippen molar-refractivity contribution in [2.75, 3.05) is 51.8 Å². The molecule has 2 aromatic rings. The average molecular weight is 588 g/mol. The van der Waals surface area contributed by atoms with E-state index in [1.807, 2.05) is 25.2 Å². The van der Waals surface area contributed by atoms with Gasteiger partial charge in [0.05, 0.1) is 36.1 Å². The van der Waals surface area contributed by atoms with Crippen LogP contribution in [0.3, 0.4) is 0 Å². The molecule has 3 aliphatic heterocycles. The predicted molar refractivity (Wildman–Crippen MR) is 161 cm³/mol. The van der Waals surface area contributed by atoms with Crippen LogP contribution in [0, 0.1) is 5.92 Å². The average Bonchev–Trinajstić information content (AvgIpc) is 3.25. The number of piperidine rings is 1. The fourth-order valence-electron chi connectivity index (χ4n) is 5.69. The van der Waals surface area contributed by atoms with Crippen molar-refractivity contribution < 1.29 is 23.9 Å². The molecule has 12 heteroatoms. The minimum atomic E-state index is -0.995. The number of carbonyl (C=O) groups excluding carboxylic acids is 4. The molecule has 5 rings (SSSR count). The number of allylic oxidation sites excluding steroid dienone is 1.